The molecule has 1 atom stereocenters. The molecule has 6 nitrogen and oxygen atoms in total. The lowest BCUT2D eigenvalue weighted by Crippen LogP contribution is -2.18. The highest BCUT2D eigenvalue weighted by molar-refractivity contribution is 7.90. The van der Waals surface area contributed by atoms with Gasteiger partial charge in [-0.2, -0.15) is 0 Å². The van der Waals surface area contributed by atoms with Crippen molar-refractivity contribution in [3.8, 4) is 0 Å². The van der Waals surface area contributed by atoms with Crippen molar-refractivity contribution in [3.63, 3.8) is 0 Å². The molecule has 120 valence electrons. The second-order valence-electron chi connectivity index (χ2n) is 5.67. The van der Waals surface area contributed by atoms with Gasteiger partial charge in [0.1, 0.15) is 17.4 Å². The van der Waals surface area contributed by atoms with Crippen LogP contribution in [0.3, 0.4) is 0 Å². The summed E-state index contributed by atoms with van der Waals surface area (Å²) in [5.74, 6) is 0.746. The Balaban J connectivity index is 2.12. The molecule has 0 fully saturated rings. The fourth-order valence-electron chi connectivity index (χ4n) is 2.27. The van der Waals surface area contributed by atoms with Crippen LogP contribution in [-0.4, -0.2) is 34.0 Å². The summed E-state index contributed by atoms with van der Waals surface area (Å²) in [7, 11) is -1.73. The normalized spacial score (nSPS) is 13.5. The van der Waals surface area contributed by atoms with E-state index in [-0.39, 0.29) is 17.4 Å². The molecule has 7 heteroatoms. The van der Waals surface area contributed by atoms with Gasteiger partial charge in [0.15, 0.2) is 9.84 Å². The smallest absolute Gasteiger partial charge is 0.160 e. The lowest BCUT2D eigenvalue weighted by molar-refractivity contribution is 0.201. The molecule has 0 aliphatic carbocycles. The Morgan fingerprint density at radius 1 is 1.18 bits per heavy atom. The van der Waals surface area contributed by atoms with E-state index in [2.05, 4.69) is 10.2 Å². The van der Waals surface area contributed by atoms with Crippen LogP contribution in [0.2, 0.25) is 0 Å². The van der Waals surface area contributed by atoms with E-state index < -0.39 is 15.9 Å². The van der Waals surface area contributed by atoms with Crippen LogP contribution in [0.1, 0.15) is 43.1 Å². The van der Waals surface area contributed by atoms with Gasteiger partial charge in [0.2, 0.25) is 0 Å². The Bertz CT molecular complexity index is 724. The maximum atomic E-state index is 12.3. The molecule has 0 amide bonds. The van der Waals surface area contributed by atoms with Gasteiger partial charge in [-0.25, -0.2) is 8.42 Å². The molecule has 22 heavy (non-hydrogen) atoms. The van der Waals surface area contributed by atoms with Gasteiger partial charge in [-0.05, 0) is 5.56 Å². The molecular weight excluding hydrogens is 302 g/mol. The van der Waals surface area contributed by atoms with Crippen molar-refractivity contribution < 1.29 is 13.5 Å². The summed E-state index contributed by atoms with van der Waals surface area (Å²) in [5.41, 5.74) is 0.590. The van der Waals surface area contributed by atoms with Crippen molar-refractivity contribution in [1.29, 1.82) is 0 Å². The van der Waals surface area contributed by atoms with Crippen LogP contribution in [0, 0.1) is 0 Å². The van der Waals surface area contributed by atoms with Crippen LogP contribution in [0.4, 0.5) is 0 Å². The Hall–Kier alpha value is -1.73. The number of hydrogen-bond donors (Lipinski definition) is 1. The molecule has 2 aromatic rings. The summed E-state index contributed by atoms with van der Waals surface area (Å²) in [6.45, 7) is 3.95. The van der Waals surface area contributed by atoms with Gasteiger partial charge in [0.25, 0.3) is 0 Å². The summed E-state index contributed by atoms with van der Waals surface area (Å²) in [6.07, 6.45) is -1.04. The van der Waals surface area contributed by atoms with Crippen molar-refractivity contribution in [2.24, 2.45) is 7.05 Å². The average Bonchev–Trinajstić information content (AvgIpc) is 2.80. The molecule has 0 saturated carbocycles. The van der Waals surface area contributed by atoms with Gasteiger partial charge in [-0.3, -0.25) is 0 Å². The molecule has 0 saturated heterocycles. The van der Waals surface area contributed by atoms with Gasteiger partial charge in [-0.1, -0.05) is 44.2 Å². The maximum Gasteiger partial charge on any atom is 0.160 e. The van der Waals surface area contributed by atoms with Crippen LogP contribution in [0.5, 0.6) is 0 Å². The van der Waals surface area contributed by atoms with Crippen molar-refractivity contribution in [3.05, 3.63) is 47.5 Å². The lowest BCUT2D eigenvalue weighted by Gasteiger charge is -2.12. The van der Waals surface area contributed by atoms with Crippen molar-refractivity contribution in [1.82, 2.24) is 14.8 Å². The topological polar surface area (TPSA) is 85.1 Å². The zero-order valence-corrected chi connectivity index (χ0v) is 13.8. The first-order valence-electron chi connectivity index (χ1n) is 7.12. The van der Waals surface area contributed by atoms with Gasteiger partial charge < -0.3 is 9.67 Å². The molecule has 0 radical (unpaired) electrons. The van der Waals surface area contributed by atoms with Crippen molar-refractivity contribution >= 4 is 9.84 Å². The second-order valence-corrected chi connectivity index (χ2v) is 7.78. The fourth-order valence-corrected chi connectivity index (χ4v) is 3.71. The largest absolute Gasteiger partial charge is 0.387 e. The molecule has 0 spiro atoms. The standard InChI is InChI=1S/C15H21N3O3S/c1-11(2)15-17-16-14(18(15)3)10-22(20,21)9-13(19)12-7-5-4-6-8-12/h4-8,11,13,19H,9-10H2,1-3H3. The Kier molecular flexibility index (Phi) is 4.97. The first kappa shape index (κ1) is 16.6. The third-order valence-corrected chi connectivity index (χ3v) is 4.98. The Labute approximate surface area is 130 Å². The highest BCUT2D eigenvalue weighted by atomic mass is 32.2. The first-order chi connectivity index (χ1) is 10.3. The number of nitrogens with zero attached hydrogens (tertiary/aromatic N) is 3. The minimum Gasteiger partial charge on any atom is -0.387 e. The van der Waals surface area contributed by atoms with E-state index in [0.717, 1.165) is 5.82 Å². The SMILES string of the molecule is CC(C)c1nnc(CS(=O)(=O)CC(O)c2ccccc2)n1C. The van der Waals surface area contributed by atoms with Crippen LogP contribution in [-0.2, 0) is 22.6 Å². The first-order valence-corrected chi connectivity index (χ1v) is 8.94. The quantitative estimate of drug-likeness (QED) is 0.872. The Morgan fingerprint density at radius 2 is 1.82 bits per heavy atom. The van der Waals surface area contributed by atoms with Gasteiger partial charge >= 0.3 is 0 Å². The third kappa shape index (κ3) is 3.92. The number of rotatable bonds is 6. The average molecular weight is 323 g/mol. The number of aromatic nitrogens is 3. The predicted molar refractivity (Wildman–Crippen MR) is 84.0 cm³/mol. The molecule has 0 aliphatic rings. The number of aliphatic hydroxyl groups excluding tert-OH is 1. The molecule has 1 aromatic carbocycles. The second kappa shape index (κ2) is 6.58. The Morgan fingerprint density at radius 3 is 2.36 bits per heavy atom. The number of benzene rings is 1. The summed E-state index contributed by atoms with van der Waals surface area (Å²) in [4.78, 5) is 0. The minimum absolute atomic E-state index is 0.170. The van der Waals surface area contributed by atoms with Gasteiger partial charge in [-0.15, -0.1) is 10.2 Å². The van der Waals surface area contributed by atoms with E-state index in [9.17, 15) is 13.5 Å². The van der Waals surface area contributed by atoms with Gasteiger partial charge in [0, 0.05) is 13.0 Å². The van der Waals surface area contributed by atoms with E-state index >= 15 is 0 Å². The molecule has 1 aromatic heterocycles. The van der Waals surface area contributed by atoms with Crippen LogP contribution >= 0.6 is 0 Å². The number of hydrogen-bond acceptors (Lipinski definition) is 5. The lowest BCUT2D eigenvalue weighted by atomic mass is 10.1. The maximum absolute atomic E-state index is 12.3. The minimum atomic E-state index is -3.49. The van der Waals surface area contributed by atoms with E-state index in [4.69, 9.17) is 0 Å². The predicted octanol–water partition coefficient (Wildman–Crippen LogP) is 1.59. The molecule has 0 bridgehead atoms. The van der Waals surface area contributed by atoms with Crippen LogP contribution in [0.25, 0.3) is 0 Å². The molecule has 1 unspecified atom stereocenters. The highest BCUT2D eigenvalue weighted by Gasteiger charge is 2.23. The molecule has 0 aliphatic heterocycles. The van der Waals surface area contributed by atoms with Crippen molar-refractivity contribution in [2.75, 3.05) is 5.75 Å². The summed E-state index contributed by atoms with van der Waals surface area (Å²) < 4.78 is 26.3. The van der Waals surface area contributed by atoms with Crippen molar-refractivity contribution in [2.45, 2.75) is 31.6 Å². The highest BCUT2D eigenvalue weighted by Crippen LogP contribution is 2.18. The fraction of sp³-hybridized carbons (Fsp3) is 0.467. The molecular formula is C15H21N3O3S. The van der Waals surface area contributed by atoms with E-state index in [1.165, 1.54) is 0 Å². The van der Waals surface area contributed by atoms with E-state index in [1.54, 1.807) is 35.9 Å². The zero-order chi connectivity index (χ0) is 16.3. The van der Waals surface area contributed by atoms with Crippen LogP contribution in [0.15, 0.2) is 30.3 Å². The third-order valence-electron chi connectivity index (χ3n) is 3.46. The summed E-state index contributed by atoms with van der Waals surface area (Å²) >= 11 is 0. The number of aliphatic hydroxyl groups is 1. The van der Waals surface area contributed by atoms with Crippen LogP contribution < -0.4 is 0 Å². The summed E-state index contributed by atoms with van der Waals surface area (Å²) in [6, 6.07) is 8.77. The summed E-state index contributed by atoms with van der Waals surface area (Å²) in [5, 5.41) is 18.1. The molecule has 2 rings (SSSR count). The molecule has 1 heterocycles. The molecule has 1 N–H and O–H groups in total. The van der Waals surface area contributed by atoms with Gasteiger partial charge in [0.05, 0.1) is 11.9 Å². The zero-order valence-electron chi connectivity index (χ0n) is 13.0. The monoisotopic (exact) mass is 323 g/mol. The van der Waals surface area contributed by atoms with E-state index in [0.29, 0.717) is 11.4 Å². The number of sulfone groups is 1. The van der Waals surface area contributed by atoms with E-state index in [1.807, 2.05) is 19.9 Å².